The average Bonchev–Trinajstić information content (AvgIpc) is 2.09. The maximum absolute atomic E-state index is 11.6. The number of hydrogen-bond donors (Lipinski definition) is 3. The van der Waals surface area contributed by atoms with Crippen LogP contribution >= 0.6 is 0 Å². The molecule has 1 aliphatic heterocycles. The van der Waals surface area contributed by atoms with E-state index in [2.05, 4.69) is 10.6 Å². The molecule has 0 aromatic heterocycles. The maximum Gasteiger partial charge on any atom is 0.249 e. The van der Waals surface area contributed by atoms with Crippen LogP contribution in [0.25, 0.3) is 0 Å². The minimum absolute atomic E-state index is 0.0457. The second kappa shape index (κ2) is 2.64. The van der Waals surface area contributed by atoms with Crippen molar-refractivity contribution in [3.05, 3.63) is 18.2 Å². The molecule has 4 nitrogen and oxygen atoms in total. The van der Waals surface area contributed by atoms with Crippen molar-refractivity contribution in [2.24, 2.45) is 0 Å². The SMILES string of the molecule is CC1(C)Nc2c(N)cccc2NC1=O. The summed E-state index contributed by atoms with van der Waals surface area (Å²) < 4.78 is 0. The number of nitrogens with one attached hydrogen (secondary N) is 2. The molecule has 1 heterocycles. The van der Waals surface area contributed by atoms with E-state index in [0.29, 0.717) is 5.69 Å². The summed E-state index contributed by atoms with van der Waals surface area (Å²) in [6, 6.07) is 5.44. The average molecular weight is 191 g/mol. The third kappa shape index (κ3) is 1.19. The Kier molecular flexibility index (Phi) is 1.67. The number of hydrogen-bond acceptors (Lipinski definition) is 3. The number of nitrogen functional groups attached to an aromatic ring is 1. The van der Waals surface area contributed by atoms with Crippen LogP contribution in [0.4, 0.5) is 17.1 Å². The zero-order valence-corrected chi connectivity index (χ0v) is 8.22. The number of para-hydroxylation sites is 1. The minimum atomic E-state index is -0.609. The molecule has 1 aliphatic rings. The summed E-state index contributed by atoms with van der Waals surface area (Å²) in [6.07, 6.45) is 0. The lowest BCUT2D eigenvalue weighted by atomic mass is 9.99. The normalized spacial score (nSPS) is 18.0. The molecule has 4 heteroatoms. The maximum atomic E-state index is 11.6. The van der Waals surface area contributed by atoms with Crippen molar-refractivity contribution < 1.29 is 4.79 Å². The molecule has 0 saturated carbocycles. The number of anilines is 3. The molecule has 1 aromatic carbocycles. The molecule has 0 bridgehead atoms. The van der Waals surface area contributed by atoms with Gasteiger partial charge >= 0.3 is 0 Å². The van der Waals surface area contributed by atoms with E-state index in [-0.39, 0.29) is 5.91 Å². The number of amides is 1. The van der Waals surface area contributed by atoms with Crippen LogP contribution in [0.15, 0.2) is 18.2 Å². The van der Waals surface area contributed by atoms with E-state index in [9.17, 15) is 4.79 Å². The first-order chi connectivity index (χ1) is 6.50. The van der Waals surface area contributed by atoms with Crippen molar-refractivity contribution >= 4 is 23.0 Å². The van der Waals surface area contributed by atoms with Crippen LogP contribution in [-0.2, 0) is 4.79 Å². The topological polar surface area (TPSA) is 67.2 Å². The highest BCUT2D eigenvalue weighted by atomic mass is 16.2. The van der Waals surface area contributed by atoms with Crippen LogP contribution in [0.1, 0.15) is 13.8 Å². The van der Waals surface area contributed by atoms with Crippen molar-refractivity contribution in [3.8, 4) is 0 Å². The molecule has 0 saturated heterocycles. The highest BCUT2D eigenvalue weighted by Gasteiger charge is 2.33. The predicted octanol–water partition coefficient (Wildman–Crippen LogP) is 1.41. The zero-order chi connectivity index (χ0) is 10.3. The lowest BCUT2D eigenvalue weighted by Crippen LogP contribution is -2.47. The van der Waals surface area contributed by atoms with Crippen molar-refractivity contribution in [1.29, 1.82) is 0 Å². The van der Waals surface area contributed by atoms with Gasteiger partial charge in [0.05, 0.1) is 17.1 Å². The van der Waals surface area contributed by atoms with Gasteiger partial charge in [-0.25, -0.2) is 0 Å². The monoisotopic (exact) mass is 191 g/mol. The fraction of sp³-hybridized carbons (Fsp3) is 0.300. The number of fused-ring (bicyclic) bond motifs is 1. The van der Waals surface area contributed by atoms with Crippen molar-refractivity contribution in [3.63, 3.8) is 0 Å². The van der Waals surface area contributed by atoms with Gasteiger partial charge in [-0.3, -0.25) is 4.79 Å². The standard InChI is InChI=1S/C10H13N3O/c1-10(2)9(14)12-7-5-3-4-6(11)8(7)13-10/h3-5,13H,11H2,1-2H3,(H,12,14). The summed E-state index contributed by atoms with van der Waals surface area (Å²) in [6.45, 7) is 3.63. The van der Waals surface area contributed by atoms with Crippen LogP contribution < -0.4 is 16.4 Å². The number of rotatable bonds is 0. The minimum Gasteiger partial charge on any atom is -0.397 e. The van der Waals surface area contributed by atoms with Gasteiger partial charge in [0.1, 0.15) is 5.54 Å². The van der Waals surface area contributed by atoms with E-state index >= 15 is 0 Å². The van der Waals surface area contributed by atoms with E-state index in [4.69, 9.17) is 5.73 Å². The largest absolute Gasteiger partial charge is 0.397 e. The van der Waals surface area contributed by atoms with E-state index in [1.807, 2.05) is 26.0 Å². The molecule has 0 fully saturated rings. The van der Waals surface area contributed by atoms with Gasteiger partial charge in [0.25, 0.3) is 0 Å². The quantitative estimate of drug-likeness (QED) is 0.543. The number of carbonyl (C=O) groups excluding carboxylic acids is 1. The smallest absolute Gasteiger partial charge is 0.249 e. The van der Waals surface area contributed by atoms with Crippen LogP contribution in [-0.4, -0.2) is 11.4 Å². The summed E-state index contributed by atoms with van der Waals surface area (Å²) in [5.74, 6) is -0.0457. The van der Waals surface area contributed by atoms with Gasteiger partial charge in [0, 0.05) is 0 Å². The molecule has 74 valence electrons. The van der Waals surface area contributed by atoms with Crippen molar-refractivity contribution in [1.82, 2.24) is 0 Å². The van der Waals surface area contributed by atoms with Gasteiger partial charge in [-0.05, 0) is 26.0 Å². The predicted molar refractivity (Wildman–Crippen MR) is 57.2 cm³/mol. The molecule has 0 unspecified atom stereocenters. The fourth-order valence-electron chi connectivity index (χ4n) is 1.46. The second-order valence-corrected chi connectivity index (χ2v) is 3.97. The van der Waals surface area contributed by atoms with E-state index in [1.54, 1.807) is 6.07 Å². The molecule has 0 spiro atoms. The number of nitrogens with two attached hydrogens (primary N) is 1. The Bertz CT molecular complexity index is 398. The third-order valence-electron chi connectivity index (χ3n) is 2.35. The van der Waals surface area contributed by atoms with Crippen molar-refractivity contribution in [2.75, 3.05) is 16.4 Å². The van der Waals surface area contributed by atoms with Crippen LogP contribution in [0, 0.1) is 0 Å². The van der Waals surface area contributed by atoms with Gasteiger partial charge in [0.15, 0.2) is 0 Å². The second-order valence-electron chi connectivity index (χ2n) is 3.97. The summed E-state index contributed by atoms with van der Waals surface area (Å²) in [7, 11) is 0. The molecule has 0 atom stereocenters. The highest BCUT2D eigenvalue weighted by Crippen LogP contribution is 2.34. The lowest BCUT2D eigenvalue weighted by Gasteiger charge is -2.33. The van der Waals surface area contributed by atoms with Crippen LogP contribution in [0.5, 0.6) is 0 Å². The molecular formula is C10H13N3O. The summed E-state index contributed by atoms with van der Waals surface area (Å²) in [5.41, 5.74) is 7.38. The van der Waals surface area contributed by atoms with Gasteiger partial charge in [-0.2, -0.15) is 0 Å². The molecule has 2 rings (SSSR count). The summed E-state index contributed by atoms with van der Waals surface area (Å²) in [5, 5.41) is 5.93. The molecular weight excluding hydrogens is 178 g/mol. The van der Waals surface area contributed by atoms with Crippen LogP contribution in [0.3, 0.4) is 0 Å². The summed E-state index contributed by atoms with van der Waals surface area (Å²) in [4.78, 5) is 11.6. The van der Waals surface area contributed by atoms with E-state index < -0.39 is 5.54 Å². The van der Waals surface area contributed by atoms with Gasteiger partial charge in [-0.1, -0.05) is 6.07 Å². The number of benzene rings is 1. The number of carbonyl (C=O) groups is 1. The molecule has 14 heavy (non-hydrogen) atoms. The highest BCUT2D eigenvalue weighted by molar-refractivity contribution is 6.07. The first kappa shape index (κ1) is 8.87. The Morgan fingerprint density at radius 3 is 2.79 bits per heavy atom. The first-order valence-corrected chi connectivity index (χ1v) is 4.49. The molecule has 1 amide bonds. The van der Waals surface area contributed by atoms with Crippen LogP contribution in [0.2, 0.25) is 0 Å². The lowest BCUT2D eigenvalue weighted by molar-refractivity contribution is -0.119. The Morgan fingerprint density at radius 1 is 1.36 bits per heavy atom. The van der Waals surface area contributed by atoms with Crippen molar-refractivity contribution in [2.45, 2.75) is 19.4 Å². The molecule has 0 radical (unpaired) electrons. The van der Waals surface area contributed by atoms with Gasteiger partial charge < -0.3 is 16.4 Å². The fourth-order valence-corrected chi connectivity index (χ4v) is 1.46. The molecule has 4 N–H and O–H groups in total. The Labute approximate surface area is 82.5 Å². The summed E-state index contributed by atoms with van der Waals surface area (Å²) >= 11 is 0. The third-order valence-corrected chi connectivity index (χ3v) is 2.35. The van der Waals surface area contributed by atoms with E-state index in [0.717, 1.165) is 11.4 Å². The van der Waals surface area contributed by atoms with Gasteiger partial charge in [-0.15, -0.1) is 0 Å². The Hall–Kier alpha value is -1.71. The Morgan fingerprint density at radius 2 is 2.07 bits per heavy atom. The zero-order valence-electron chi connectivity index (χ0n) is 8.22. The molecule has 0 aliphatic carbocycles. The Balaban J connectivity index is 2.51. The first-order valence-electron chi connectivity index (χ1n) is 4.49. The van der Waals surface area contributed by atoms with E-state index in [1.165, 1.54) is 0 Å². The van der Waals surface area contributed by atoms with Gasteiger partial charge in [0.2, 0.25) is 5.91 Å². The molecule has 1 aromatic rings.